The molecule has 0 aliphatic carbocycles. The number of halogens is 1. The number of hydrazine groups is 1. The molecule has 0 spiro atoms. The molecule has 0 saturated carbocycles. The van der Waals surface area contributed by atoms with E-state index in [0.717, 1.165) is 10.5 Å². The molecule has 5 nitrogen and oxygen atoms in total. The molecule has 0 heterocycles. The van der Waals surface area contributed by atoms with Crippen molar-refractivity contribution in [2.75, 3.05) is 12.9 Å². The largest absolute Gasteiger partial charge is 0.380 e. The summed E-state index contributed by atoms with van der Waals surface area (Å²) in [5.41, 5.74) is 6.21. The minimum atomic E-state index is -0.371. The maximum atomic E-state index is 12.0. The van der Waals surface area contributed by atoms with Crippen LogP contribution in [0.3, 0.4) is 0 Å². The van der Waals surface area contributed by atoms with Gasteiger partial charge in [0.1, 0.15) is 0 Å². The highest BCUT2D eigenvalue weighted by molar-refractivity contribution is 8.00. The maximum absolute atomic E-state index is 12.0. The van der Waals surface area contributed by atoms with Gasteiger partial charge in [0.2, 0.25) is 5.91 Å². The zero-order chi connectivity index (χ0) is 17.4. The van der Waals surface area contributed by atoms with Crippen LogP contribution in [0, 0.1) is 0 Å². The SMILES string of the molecule is COCc1ccc(C(=O)NNC(=O)CSc2ccc(Cl)cc2)cc1. The lowest BCUT2D eigenvalue weighted by Crippen LogP contribution is -2.42. The number of nitrogens with one attached hydrogen (secondary N) is 2. The molecule has 0 aromatic heterocycles. The van der Waals surface area contributed by atoms with E-state index in [0.29, 0.717) is 17.2 Å². The summed E-state index contributed by atoms with van der Waals surface area (Å²) in [5, 5.41) is 0.646. The standard InChI is InChI=1S/C17H17ClN2O3S/c1-23-10-12-2-4-13(5-3-12)17(22)20-19-16(21)11-24-15-8-6-14(18)7-9-15/h2-9H,10-11H2,1H3,(H,19,21)(H,20,22). The van der Waals surface area contributed by atoms with Gasteiger partial charge < -0.3 is 4.74 Å². The molecule has 2 amide bonds. The first-order chi connectivity index (χ1) is 11.6. The van der Waals surface area contributed by atoms with Gasteiger partial charge in [-0.25, -0.2) is 0 Å². The number of methoxy groups -OCH3 is 1. The van der Waals surface area contributed by atoms with Gasteiger partial charge in [-0.3, -0.25) is 20.4 Å². The smallest absolute Gasteiger partial charge is 0.269 e. The van der Waals surface area contributed by atoms with Crippen LogP contribution in [-0.4, -0.2) is 24.7 Å². The van der Waals surface area contributed by atoms with Crippen molar-refractivity contribution in [1.82, 2.24) is 10.9 Å². The van der Waals surface area contributed by atoms with E-state index < -0.39 is 0 Å². The quantitative estimate of drug-likeness (QED) is 0.610. The molecule has 2 aromatic rings. The van der Waals surface area contributed by atoms with E-state index in [1.54, 1.807) is 43.5 Å². The summed E-state index contributed by atoms with van der Waals surface area (Å²) in [6, 6.07) is 14.2. The van der Waals surface area contributed by atoms with E-state index in [1.165, 1.54) is 11.8 Å². The number of carbonyl (C=O) groups excluding carboxylic acids is 2. The third-order valence-electron chi connectivity index (χ3n) is 3.03. The average Bonchev–Trinajstić information content (AvgIpc) is 2.60. The lowest BCUT2D eigenvalue weighted by molar-refractivity contribution is -0.119. The van der Waals surface area contributed by atoms with Crippen LogP contribution >= 0.6 is 23.4 Å². The minimum Gasteiger partial charge on any atom is -0.380 e. The molecule has 0 atom stereocenters. The van der Waals surface area contributed by atoms with Gasteiger partial charge in [-0.1, -0.05) is 23.7 Å². The number of benzene rings is 2. The first kappa shape index (κ1) is 18.3. The van der Waals surface area contributed by atoms with Crippen LogP contribution in [0.2, 0.25) is 5.02 Å². The van der Waals surface area contributed by atoms with Gasteiger partial charge in [-0.15, -0.1) is 11.8 Å². The topological polar surface area (TPSA) is 67.4 Å². The molecule has 0 unspecified atom stereocenters. The molecule has 0 saturated heterocycles. The predicted molar refractivity (Wildman–Crippen MR) is 94.9 cm³/mol. The summed E-state index contributed by atoms with van der Waals surface area (Å²) in [6.07, 6.45) is 0. The zero-order valence-corrected chi connectivity index (χ0v) is 14.6. The Morgan fingerprint density at radius 2 is 1.71 bits per heavy atom. The third kappa shape index (κ3) is 5.88. The molecule has 0 aliphatic rings. The molecule has 24 heavy (non-hydrogen) atoms. The second kappa shape index (κ2) is 9.32. The third-order valence-corrected chi connectivity index (χ3v) is 4.29. The molecule has 0 aliphatic heterocycles. The summed E-state index contributed by atoms with van der Waals surface area (Å²) >= 11 is 7.16. The summed E-state index contributed by atoms with van der Waals surface area (Å²) < 4.78 is 5.01. The summed E-state index contributed by atoms with van der Waals surface area (Å²) in [5.74, 6) is -0.475. The molecule has 7 heteroatoms. The highest BCUT2D eigenvalue weighted by atomic mass is 35.5. The van der Waals surface area contributed by atoms with E-state index in [1.807, 2.05) is 12.1 Å². The van der Waals surface area contributed by atoms with E-state index >= 15 is 0 Å². The van der Waals surface area contributed by atoms with E-state index in [2.05, 4.69) is 10.9 Å². The summed E-state index contributed by atoms with van der Waals surface area (Å²) in [4.78, 5) is 24.6. The molecule has 0 bridgehead atoms. The van der Waals surface area contributed by atoms with Gasteiger partial charge in [0.05, 0.1) is 12.4 Å². The molecule has 2 rings (SSSR count). The Morgan fingerprint density at radius 1 is 1.04 bits per heavy atom. The second-order valence-corrected chi connectivity index (χ2v) is 6.36. The van der Waals surface area contributed by atoms with Gasteiger partial charge >= 0.3 is 0 Å². The number of hydrogen-bond donors (Lipinski definition) is 2. The van der Waals surface area contributed by atoms with Gasteiger partial charge in [0, 0.05) is 22.6 Å². The van der Waals surface area contributed by atoms with Crippen LogP contribution < -0.4 is 10.9 Å². The predicted octanol–water partition coefficient (Wildman–Crippen LogP) is 3.04. The van der Waals surface area contributed by atoms with E-state index in [4.69, 9.17) is 16.3 Å². The van der Waals surface area contributed by atoms with Crippen LogP contribution in [-0.2, 0) is 16.1 Å². The van der Waals surface area contributed by atoms with Gasteiger partial charge in [0.25, 0.3) is 5.91 Å². The molecular formula is C17H17ClN2O3S. The maximum Gasteiger partial charge on any atom is 0.269 e. The van der Waals surface area contributed by atoms with Crippen LogP contribution in [0.15, 0.2) is 53.4 Å². The normalized spacial score (nSPS) is 10.2. The van der Waals surface area contributed by atoms with Gasteiger partial charge in [-0.2, -0.15) is 0 Å². The summed E-state index contributed by atoms with van der Waals surface area (Å²) in [7, 11) is 1.61. The van der Waals surface area contributed by atoms with Crippen molar-refractivity contribution in [3.8, 4) is 0 Å². The Hall–Kier alpha value is -2.02. The lowest BCUT2D eigenvalue weighted by atomic mass is 10.1. The van der Waals surface area contributed by atoms with Crippen molar-refractivity contribution in [2.45, 2.75) is 11.5 Å². The van der Waals surface area contributed by atoms with Gasteiger partial charge in [-0.05, 0) is 42.0 Å². The summed E-state index contributed by atoms with van der Waals surface area (Å²) in [6.45, 7) is 0.487. The lowest BCUT2D eigenvalue weighted by Gasteiger charge is -2.08. The van der Waals surface area contributed by atoms with E-state index in [9.17, 15) is 9.59 Å². The Labute approximate surface area is 149 Å². The number of ether oxygens (including phenoxy) is 1. The number of hydrogen-bond acceptors (Lipinski definition) is 4. The molecule has 0 radical (unpaired) electrons. The first-order valence-electron chi connectivity index (χ1n) is 7.14. The molecule has 2 aromatic carbocycles. The van der Waals surface area contributed by atoms with Crippen molar-refractivity contribution >= 4 is 35.2 Å². The first-order valence-corrected chi connectivity index (χ1v) is 8.50. The number of thioether (sulfide) groups is 1. The molecule has 2 N–H and O–H groups in total. The Kier molecular flexibility index (Phi) is 7.11. The molecule has 126 valence electrons. The fraction of sp³-hybridized carbons (Fsp3) is 0.176. The fourth-order valence-electron chi connectivity index (χ4n) is 1.83. The zero-order valence-electron chi connectivity index (χ0n) is 13.0. The van der Waals surface area contributed by atoms with Crippen LogP contribution in [0.25, 0.3) is 0 Å². The van der Waals surface area contributed by atoms with Crippen LogP contribution in [0.1, 0.15) is 15.9 Å². The average molecular weight is 365 g/mol. The van der Waals surface area contributed by atoms with Gasteiger partial charge in [0.15, 0.2) is 0 Å². The van der Waals surface area contributed by atoms with Crippen molar-refractivity contribution in [3.63, 3.8) is 0 Å². The van der Waals surface area contributed by atoms with Crippen molar-refractivity contribution in [1.29, 1.82) is 0 Å². The van der Waals surface area contributed by atoms with Crippen LogP contribution in [0.4, 0.5) is 0 Å². The minimum absolute atomic E-state index is 0.189. The Morgan fingerprint density at radius 3 is 2.33 bits per heavy atom. The number of amides is 2. The Balaban J connectivity index is 1.76. The second-order valence-electron chi connectivity index (χ2n) is 4.87. The van der Waals surface area contributed by atoms with Crippen molar-refractivity contribution in [2.24, 2.45) is 0 Å². The monoisotopic (exact) mass is 364 g/mol. The van der Waals surface area contributed by atoms with Crippen LogP contribution in [0.5, 0.6) is 0 Å². The number of carbonyl (C=O) groups is 2. The van der Waals surface area contributed by atoms with Crippen molar-refractivity contribution in [3.05, 3.63) is 64.7 Å². The highest BCUT2D eigenvalue weighted by Gasteiger charge is 2.08. The number of rotatable bonds is 6. The molecular weight excluding hydrogens is 348 g/mol. The highest BCUT2D eigenvalue weighted by Crippen LogP contribution is 2.19. The molecule has 0 fully saturated rings. The van der Waals surface area contributed by atoms with Crippen molar-refractivity contribution < 1.29 is 14.3 Å². The van der Waals surface area contributed by atoms with E-state index in [-0.39, 0.29) is 17.6 Å². The Bertz CT molecular complexity index is 690. The fourth-order valence-corrected chi connectivity index (χ4v) is 2.66.